The maximum atomic E-state index is 2.47. The summed E-state index contributed by atoms with van der Waals surface area (Å²) in [6, 6.07) is 58.4. The van der Waals surface area contributed by atoms with E-state index in [1.54, 1.807) is 0 Å². The van der Waals surface area contributed by atoms with E-state index >= 15 is 0 Å². The largest absolute Gasteiger partial charge is 0.309 e. The van der Waals surface area contributed by atoms with Crippen molar-refractivity contribution in [1.82, 2.24) is 4.57 Å². The summed E-state index contributed by atoms with van der Waals surface area (Å²) in [4.78, 5) is 0. The summed E-state index contributed by atoms with van der Waals surface area (Å²) in [6.07, 6.45) is 0. The Labute approximate surface area is 276 Å². The Bertz CT molecular complexity index is 2480. The first kappa shape index (κ1) is 27.6. The number of fused-ring (bicyclic) bond motifs is 6. The highest BCUT2D eigenvalue weighted by atomic mass is 15.0. The average Bonchev–Trinajstić information content (AvgIpc) is 3.56. The second-order valence-corrected chi connectivity index (χ2v) is 13.5. The first-order valence-electron chi connectivity index (χ1n) is 16.5. The molecule has 9 rings (SSSR count). The van der Waals surface area contributed by atoms with E-state index in [9.17, 15) is 0 Å². The van der Waals surface area contributed by atoms with Gasteiger partial charge in [0.2, 0.25) is 0 Å². The van der Waals surface area contributed by atoms with Gasteiger partial charge in [0.05, 0.1) is 11.0 Å². The third kappa shape index (κ3) is 4.38. The molecule has 0 unspecified atom stereocenters. The van der Waals surface area contributed by atoms with E-state index in [4.69, 9.17) is 0 Å². The van der Waals surface area contributed by atoms with Gasteiger partial charge in [0.15, 0.2) is 0 Å². The Balaban J connectivity index is 1.26. The van der Waals surface area contributed by atoms with Crippen LogP contribution in [0, 0.1) is 6.92 Å². The zero-order chi connectivity index (χ0) is 31.7. The number of aryl methyl sites for hydroxylation is 1. The van der Waals surface area contributed by atoms with Crippen LogP contribution in [0.15, 0.2) is 158 Å². The van der Waals surface area contributed by atoms with Crippen LogP contribution in [0.25, 0.3) is 72.0 Å². The van der Waals surface area contributed by atoms with Crippen molar-refractivity contribution < 1.29 is 0 Å². The van der Waals surface area contributed by atoms with E-state index in [0.29, 0.717) is 0 Å². The highest BCUT2D eigenvalue weighted by Gasteiger charge is 2.35. The van der Waals surface area contributed by atoms with Crippen LogP contribution in [0.3, 0.4) is 0 Å². The molecule has 0 bridgehead atoms. The van der Waals surface area contributed by atoms with Gasteiger partial charge in [0.1, 0.15) is 0 Å². The van der Waals surface area contributed by atoms with Gasteiger partial charge in [-0.1, -0.05) is 141 Å². The molecule has 1 heterocycles. The summed E-state index contributed by atoms with van der Waals surface area (Å²) >= 11 is 0. The summed E-state index contributed by atoms with van der Waals surface area (Å²) in [5.41, 5.74) is 17.7. The molecule has 1 nitrogen and oxygen atoms in total. The lowest BCUT2D eigenvalue weighted by Crippen LogP contribution is -2.14. The minimum Gasteiger partial charge on any atom is -0.309 e. The van der Waals surface area contributed by atoms with E-state index in [2.05, 4.69) is 183 Å². The highest BCUT2D eigenvalue weighted by Crippen LogP contribution is 2.49. The maximum absolute atomic E-state index is 2.47. The maximum Gasteiger partial charge on any atom is 0.0547 e. The van der Waals surface area contributed by atoms with Gasteiger partial charge in [-0.15, -0.1) is 0 Å². The van der Waals surface area contributed by atoms with Crippen molar-refractivity contribution >= 4 is 21.8 Å². The Morgan fingerprint density at radius 2 is 1.02 bits per heavy atom. The number of aromatic nitrogens is 1. The Morgan fingerprint density at radius 1 is 0.404 bits per heavy atom. The van der Waals surface area contributed by atoms with Crippen LogP contribution < -0.4 is 0 Å². The van der Waals surface area contributed by atoms with Crippen LogP contribution in [0.2, 0.25) is 0 Å². The van der Waals surface area contributed by atoms with Crippen molar-refractivity contribution in [3.8, 4) is 50.2 Å². The van der Waals surface area contributed by atoms with Crippen molar-refractivity contribution in [3.05, 3.63) is 174 Å². The molecule has 0 saturated carbocycles. The first-order chi connectivity index (χ1) is 23.0. The summed E-state index contributed by atoms with van der Waals surface area (Å²) in [5.74, 6) is 0. The predicted octanol–water partition coefficient (Wildman–Crippen LogP) is 12.4. The summed E-state index contributed by atoms with van der Waals surface area (Å²) in [7, 11) is 0. The normalized spacial score (nSPS) is 13.2. The van der Waals surface area contributed by atoms with Crippen molar-refractivity contribution in [2.75, 3.05) is 0 Å². The molecule has 1 heteroatoms. The fourth-order valence-electron chi connectivity index (χ4n) is 7.76. The lowest BCUT2D eigenvalue weighted by atomic mass is 9.82. The van der Waals surface area contributed by atoms with E-state index in [1.807, 2.05) is 0 Å². The first-order valence-corrected chi connectivity index (χ1v) is 16.5. The molecule has 7 aromatic carbocycles. The van der Waals surface area contributed by atoms with Gasteiger partial charge < -0.3 is 4.57 Å². The van der Waals surface area contributed by atoms with Crippen LogP contribution >= 0.6 is 0 Å². The molecule has 0 amide bonds. The number of benzene rings is 7. The third-order valence-corrected chi connectivity index (χ3v) is 10.3. The molecule has 0 N–H and O–H groups in total. The summed E-state index contributed by atoms with van der Waals surface area (Å²) in [5, 5.41) is 2.52. The SMILES string of the molecule is Cc1ccc(-c2cccc(-c3ccc4c(c3)c3ccc(-c5ccccc5)cc3n4-c3ccc4c(c3)-c3ccccc3C4(C)C)c2)cc1. The minimum atomic E-state index is -0.0201. The Morgan fingerprint density at radius 3 is 1.85 bits per heavy atom. The fourth-order valence-corrected chi connectivity index (χ4v) is 7.76. The molecule has 0 spiro atoms. The van der Waals surface area contributed by atoms with Gasteiger partial charge in [-0.25, -0.2) is 0 Å². The quantitative estimate of drug-likeness (QED) is 0.189. The number of rotatable bonds is 4. The number of hydrogen-bond donors (Lipinski definition) is 0. The van der Waals surface area contributed by atoms with E-state index < -0.39 is 0 Å². The number of nitrogens with zero attached hydrogens (tertiary/aromatic N) is 1. The van der Waals surface area contributed by atoms with Crippen molar-refractivity contribution in [3.63, 3.8) is 0 Å². The monoisotopic (exact) mass is 601 g/mol. The highest BCUT2D eigenvalue weighted by molar-refractivity contribution is 6.11. The van der Waals surface area contributed by atoms with Crippen LogP contribution in [-0.2, 0) is 5.41 Å². The predicted molar refractivity (Wildman–Crippen MR) is 199 cm³/mol. The van der Waals surface area contributed by atoms with Crippen molar-refractivity contribution in [2.45, 2.75) is 26.2 Å². The Kier molecular flexibility index (Phi) is 6.14. The standard InChI is InChI=1S/C46H35N/c1-30-16-18-32(19-17-30)33-12-9-13-34(26-33)35-21-25-44-41(27-35)39-23-20-36(31-10-5-4-6-11-31)28-45(39)47(44)37-22-24-43-40(29-37)38-14-7-8-15-42(38)46(43,2)3/h4-29H,1-3H3. The van der Waals surface area contributed by atoms with Gasteiger partial charge in [0, 0.05) is 21.9 Å². The minimum absolute atomic E-state index is 0.0201. The van der Waals surface area contributed by atoms with Crippen LogP contribution in [0.5, 0.6) is 0 Å². The van der Waals surface area contributed by atoms with Gasteiger partial charge in [0.25, 0.3) is 0 Å². The van der Waals surface area contributed by atoms with Crippen LogP contribution in [0.4, 0.5) is 0 Å². The second kappa shape index (κ2) is 10.4. The summed E-state index contributed by atoms with van der Waals surface area (Å²) in [6.45, 7) is 6.83. The molecular formula is C46H35N. The molecule has 0 saturated heterocycles. The second-order valence-electron chi connectivity index (χ2n) is 13.5. The summed E-state index contributed by atoms with van der Waals surface area (Å²) < 4.78 is 2.47. The molecular weight excluding hydrogens is 567 g/mol. The molecule has 0 fully saturated rings. The lowest BCUT2D eigenvalue weighted by molar-refractivity contribution is 0.660. The smallest absolute Gasteiger partial charge is 0.0547 e. The van der Waals surface area contributed by atoms with Crippen molar-refractivity contribution in [2.24, 2.45) is 0 Å². The third-order valence-electron chi connectivity index (χ3n) is 10.3. The zero-order valence-electron chi connectivity index (χ0n) is 27.0. The molecule has 0 aliphatic heterocycles. The van der Waals surface area contributed by atoms with Gasteiger partial charge in [-0.05, 0) is 99.0 Å². The molecule has 0 atom stereocenters. The molecule has 1 aliphatic carbocycles. The average molecular weight is 602 g/mol. The van der Waals surface area contributed by atoms with Crippen molar-refractivity contribution in [1.29, 1.82) is 0 Å². The van der Waals surface area contributed by atoms with Gasteiger partial charge in [-0.3, -0.25) is 0 Å². The topological polar surface area (TPSA) is 4.93 Å². The van der Waals surface area contributed by atoms with Crippen LogP contribution in [-0.4, -0.2) is 4.57 Å². The molecule has 224 valence electrons. The number of hydrogen-bond acceptors (Lipinski definition) is 0. The van der Waals surface area contributed by atoms with Crippen LogP contribution in [0.1, 0.15) is 30.5 Å². The lowest BCUT2D eigenvalue weighted by Gasteiger charge is -2.21. The Hall–Kier alpha value is -5.66. The zero-order valence-corrected chi connectivity index (χ0v) is 27.0. The van der Waals surface area contributed by atoms with Gasteiger partial charge >= 0.3 is 0 Å². The molecule has 1 aliphatic rings. The molecule has 0 radical (unpaired) electrons. The van der Waals surface area contributed by atoms with Gasteiger partial charge in [-0.2, -0.15) is 0 Å². The van der Waals surface area contributed by atoms with E-state index in [1.165, 1.54) is 88.7 Å². The molecule has 8 aromatic rings. The van der Waals surface area contributed by atoms with E-state index in [-0.39, 0.29) is 5.41 Å². The fraction of sp³-hybridized carbons (Fsp3) is 0.0870. The van der Waals surface area contributed by atoms with E-state index in [0.717, 1.165) is 0 Å². The molecule has 47 heavy (non-hydrogen) atoms. The molecule has 1 aromatic heterocycles.